The Hall–Kier alpha value is -3.53. The number of nitrogens with zero attached hydrogens (tertiary/aromatic N) is 4. The average molecular weight is 485 g/mol. The molecule has 6 nitrogen and oxygen atoms in total. The highest BCUT2D eigenvalue weighted by Crippen LogP contribution is 2.34. The second kappa shape index (κ2) is 9.26. The van der Waals surface area contributed by atoms with Crippen LogP contribution in [0.1, 0.15) is 41.5 Å². The highest BCUT2D eigenvalue weighted by molar-refractivity contribution is 5.61. The zero-order valence-corrected chi connectivity index (χ0v) is 18.9. The second-order valence-corrected chi connectivity index (χ2v) is 8.69. The summed E-state index contributed by atoms with van der Waals surface area (Å²) in [5.74, 6) is -1.54. The highest BCUT2D eigenvalue weighted by atomic mass is 19.4. The summed E-state index contributed by atoms with van der Waals surface area (Å²) in [4.78, 5) is 3.41. The first-order chi connectivity index (χ1) is 16.8. The monoisotopic (exact) mass is 485 g/mol. The van der Waals surface area contributed by atoms with Crippen LogP contribution in [0.4, 0.5) is 17.6 Å². The molecule has 0 amide bonds. The van der Waals surface area contributed by atoms with Gasteiger partial charge in [0.1, 0.15) is 11.5 Å². The molecular formula is C25H23F4N5O. The van der Waals surface area contributed by atoms with Crippen LogP contribution in [0.5, 0.6) is 0 Å². The predicted octanol–water partition coefficient (Wildman–Crippen LogP) is 5.58. The van der Waals surface area contributed by atoms with Crippen molar-refractivity contribution in [3.63, 3.8) is 0 Å². The molecule has 0 spiro atoms. The SMILES string of the molecule is Cc1nc(C(F)(F)F)oc1-c1ccc(Cn2cc(-c3cccc(C4CCNCC4)c3)nn2)c(F)c1. The van der Waals surface area contributed by atoms with Gasteiger partial charge in [0.05, 0.1) is 18.4 Å². The molecule has 3 heterocycles. The van der Waals surface area contributed by atoms with Gasteiger partial charge in [-0.15, -0.1) is 5.10 Å². The van der Waals surface area contributed by atoms with Crippen LogP contribution in [0.2, 0.25) is 0 Å². The molecule has 0 aliphatic carbocycles. The Morgan fingerprint density at radius 2 is 1.89 bits per heavy atom. The average Bonchev–Trinajstić information content (AvgIpc) is 3.48. The molecule has 0 atom stereocenters. The summed E-state index contributed by atoms with van der Waals surface area (Å²) in [6.07, 6.45) is -0.766. The van der Waals surface area contributed by atoms with Crippen molar-refractivity contribution in [2.75, 3.05) is 13.1 Å². The van der Waals surface area contributed by atoms with Gasteiger partial charge in [-0.25, -0.2) is 14.1 Å². The van der Waals surface area contributed by atoms with Gasteiger partial charge in [0.25, 0.3) is 0 Å². The lowest BCUT2D eigenvalue weighted by molar-refractivity contribution is -0.156. The highest BCUT2D eigenvalue weighted by Gasteiger charge is 2.38. The molecule has 2 aromatic carbocycles. The molecule has 4 aromatic rings. The molecule has 5 rings (SSSR count). The van der Waals surface area contributed by atoms with Gasteiger partial charge in [0.15, 0.2) is 5.76 Å². The number of aryl methyl sites for hydroxylation is 1. The fourth-order valence-electron chi connectivity index (χ4n) is 4.39. The first-order valence-corrected chi connectivity index (χ1v) is 11.3. The molecule has 0 radical (unpaired) electrons. The van der Waals surface area contributed by atoms with E-state index in [0.29, 0.717) is 17.2 Å². The fourth-order valence-corrected chi connectivity index (χ4v) is 4.39. The number of alkyl halides is 3. The van der Waals surface area contributed by atoms with Crippen LogP contribution in [-0.2, 0) is 12.7 Å². The number of hydrogen-bond donors (Lipinski definition) is 1. The molecule has 182 valence electrons. The van der Waals surface area contributed by atoms with Crippen LogP contribution in [0.3, 0.4) is 0 Å². The van der Waals surface area contributed by atoms with E-state index in [1.54, 1.807) is 6.20 Å². The summed E-state index contributed by atoms with van der Waals surface area (Å²) < 4.78 is 59.8. The minimum absolute atomic E-state index is 0.0390. The van der Waals surface area contributed by atoms with Crippen molar-refractivity contribution in [3.05, 3.63) is 77.2 Å². The summed E-state index contributed by atoms with van der Waals surface area (Å²) in [6, 6.07) is 12.4. The maximum Gasteiger partial charge on any atom is 0.468 e. The summed E-state index contributed by atoms with van der Waals surface area (Å²) in [5.41, 5.74) is 3.45. The fraction of sp³-hybridized carbons (Fsp3) is 0.320. The second-order valence-electron chi connectivity index (χ2n) is 8.69. The Bertz CT molecular complexity index is 1340. The first kappa shape index (κ1) is 23.2. The Labute approximate surface area is 199 Å². The van der Waals surface area contributed by atoms with Crippen LogP contribution in [-0.4, -0.2) is 33.1 Å². The number of rotatable bonds is 5. The Balaban J connectivity index is 1.33. The quantitative estimate of drug-likeness (QED) is 0.374. The number of aromatic nitrogens is 4. The molecule has 1 fully saturated rings. The van der Waals surface area contributed by atoms with Crippen molar-refractivity contribution in [2.24, 2.45) is 0 Å². The van der Waals surface area contributed by atoms with Crippen molar-refractivity contribution in [1.82, 2.24) is 25.3 Å². The van der Waals surface area contributed by atoms with Crippen molar-refractivity contribution in [1.29, 1.82) is 0 Å². The molecule has 1 aliphatic heterocycles. The topological polar surface area (TPSA) is 68.8 Å². The molecule has 0 bridgehead atoms. The van der Waals surface area contributed by atoms with Gasteiger partial charge in [-0.1, -0.05) is 35.5 Å². The number of benzene rings is 2. The third-order valence-corrected chi connectivity index (χ3v) is 6.22. The smallest absolute Gasteiger partial charge is 0.433 e. The lowest BCUT2D eigenvalue weighted by atomic mass is 9.89. The van der Waals surface area contributed by atoms with E-state index in [2.05, 4.69) is 32.7 Å². The number of oxazole rings is 1. The minimum atomic E-state index is -4.71. The zero-order chi connectivity index (χ0) is 24.6. The molecule has 1 saturated heterocycles. The van der Waals surface area contributed by atoms with Crippen molar-refractivity contribution < 1.29 is 22.0 Å². The van der Waals surface area contributed by atoms with Gasteiger partial charge in [0.2, 0.25) is 0 Å². The van der Waals surface area contributed by atoms with Crippen molar-refractivity contribution in [3.8, 4) is 22.6 Å². The summed E-state index contributed by atoms with van der Waals surface area (Å²) in [7, 11) is 0. The van der Waals surface area contributed by atoms with E-state index in [0.717, 1.165) is 37.6 Å². The number of halogens is 4. The number of nitrogens with one attached hydrogen (secondary N) is 1. The number of piperidine rings is 1. The van der Waals surface area contributed by atoms with Crippen LogP contribution >= 0.6 is 0 Å². The Morgan fingerprint density at radius 3 is 2.60 bits per heavy atom. The van der Waals surface area contributed by atoms with E-state index in [9.17, 15) is 17.6 Å². The van der Waals surface area contributed by atoms with Gasteiger partial charge in [-0.3, -0.25) is 0 Å². The van der Waals surface area contributed by atoms with Crippen LogP contribution in [0, 0.1) is 12.7 Å². The van der Waals surface area contributed by atoms with Gasteiger partial charge in [-0.05, 0) is 56.5 Å². The Kier molecular flexibility index (Phi) is 6.14. The molecule has 10 heteroatoms. The normalized spacial score (nSPS) is 15.0. The summed E-state index contributed by atoms with van der Waals surface area (Å²) >= 11 is 0. The Morgan fingerprint density at radius 1 is 1.09 bits per heavy atom. The van der Waals surface area contributed by atoms with Crippen LogP contribution < -0.4 is 5.32 Å². The zero-order valence-electron chi connectivity index (χ0n) is 18.9. The largest absolute Gasteiger partial charge is 0.468 e. The molecule has 0 saturated carbocycles. The molecule has 0 unspecified atom stereocenters. The van der Waals surface area contributed by atoms with E-state index in [4.69, 9.17) is 4.42 Å². The van der Waals surface area contributed by atoms with Gasteiger partial charge in [0, 0.05) is 16.7 Å². The van der Waals surface area contributed by atoms with E-state index in [1.807, 2.05) is 12.1 Å². The number of hydrogen-bond acceptors (Lipinski definition) is 5. The van der Waals surface area contributed by atoms with Gasteiger partial charge in [-0.2, -0.15) is 13.2 Å². The predicted molar refractivity (Wildman–Crippen MR) is 121 cm³/mol. The van der Waals surface area contributed by atoms with E-state index >= 15 is 0 Å². The summed E-state index contributed by atoms with van der Waals surface area (Å²) in [6.45, 7) is 3.52. The lowest BCUT2D eigenvalue weighted by Crippen LogP contribution is -2.26. The molecular weight excluding hydrogens is 462 g/mol. The molecule has 1 aliphatic rings. The van der Waals surface area contributed by atoms with Crippen LogP contribution in [0.25, 0.3) is 22.6 Å². The molecule has 2 aromatic heterocycles. The van der Waals surface area contributed by atoms with Gasteiger partial charge >= 0.3 is 12.1 Å². The first-order valence-electron chi connectivity index (χ1n) is 11.3. The standard InChI is InChI=1S/C25H23F4N5O/c1-15-23(35-24(31-15)25(27,28)29)19-5-6-20(21(26)12-19)13-34-14-22(32-33-34)18-4-2-3-17(11-18)16-7-9-30-10-8-16/h2-6,11-12,14,16,30H,7-10,13H2,1H3. The van der Waals surface area contributed by atoms with E-state index < -0.39 is 17.9 Å². The molecule has 35 heavy (non-hydrogen) atoms. The third-order valence-electron chi connectivity index (χ3n) is 6.22. The van der Waals surface area contributed by atoms with Crippen LogP contribution in [0.15, 0.2) is 53.1 Å². The summed E-state index contributed by atoms with van der Waals surface area (Å²) in [5, 5.41) is 11.8. The minimum Gasteiger partial charge on any atom is -0.433 e. The van der Waals surface area contributed by atoms with Crippen molar-refractivity contribution in [2.45, 2.75) is 38.4 Å². The maximum atomic E-state index is 14.8. The van der Waals surface area contributed by atoms with E-state index in [-0.39, 0.29) is 23.6 Å². The lowest BCUT2D eigenvalue weighted by Gasteiger charge is -2.23. The van der Waals surface area contributed by atoms with Gasteiger partial charge < -0.3 is 9.73 Å². The third kappa shape index (κ3) is 4.97. The van der Waals surface area contributed by atoms with Crippen molar-refractivity contribution >= 4 is 0 Å². The molecule has 1 N–H and O–H groups in total. The van der Waals surface area contributed by atoms with E-state index in [1.165, 1.54) is 29.3 Å². The maximum absolute atomic E-state index is 14.8.